The van der Waals surface area contributed by atoms with Gasteiger partial charge in [0.15, 0.2) is 5.78 Å². The lowest BCUT2D eigenvalue weighted by Gasteiger charge is -2.26. The predicted molar refractivity (Wildman–Crippen MR) is 68.5 cm³/mol. The summed E-state index contributed by atoms with van der Waals surface area (Å²) >= 11 is 7.22. The number of carbonyl (C=O) groups excluding carboxylic acids is 1. The summed E-state index contributed by atoms with van der Waals surface area (Å²) in [4.78, 5) is 15.3. The minimum absolute atomic E-state index is 0.0211. The molecule has 1 heterocycles. The van der Waals surface area contributed by atoms with Crippen molar-refractivity contribution in [2.24, 2.45) is 0 Å². The molecule has 1 saturated carbocycles. The lowest BCUT2D eigenvalue weighted by atomic mass is 10.1. The maximum atomic E-state index is 12.2. The Labute approximate surface area is 105 Å². The standard InChI is InChI=1S/C12H16ClNOS/c1-3-14(9-4-5-9)8(2)12(15)10-6-7-11(13)16-10/h6-9H,3-5H2,1-2H3. The van der Waals surface area contributed by atoms with E-state index in [2.05, 4.69) is 11.8 Å². The molecule has 0 N–H and O–H groups in total. The molecular weight excluding hydrogens is 242 g/mol. The Kier molecular flexibility index (Phi) is 3.67. The second-order valence-electron chi connectivity index (χ2n) is 4.21. The lowest BCUT2D eigenvalue weighted by Crippen LogP contribution is -2.40. The summed E-state index contributed by atoms with van der Waals surface area (Å²) in [5, 5.41) is 0. The number of likely N-dealkylation sites (N-methyl/N-ethyl adjacent to an activating group) is 1. The summed E-state index contributed by atoms with van der Waals surface area (Å²) < 4.78 is 0.685. The second-order valence-corrected chi connectivity index (χ2v) is 5.92. The van der Waals surface area contributed by atoms with Crippen molar-refractivity contribution in [3.8, 4) is 0 Å². The van der Waals surface area contributed by atoms with Gasteiger partial charge in [-0.2, -0.15) is 0 Å². The van der Waals surface area contributed by atoms with Crippen molar-refractivity contribution < 1.29 is 4.79 Å². The molecule has 2 nitrogen and oxygen atoms in total. The van der Waals surface area contributed by atoms with Gasteiger partial charge in [-0.25, -0.2) is 0 Å². The second kappa shape index (κ2) is 4.86. The third kappa shape index (κ3) is 2.47. The monoisotopic (exact) mass is 257 g/mol. The number of halogens is 1. The molecule has 1 aliphatic carbocycles. The Morgan fingerprint density at radius 1 is 1.62 bits per heavy atom. The van der Waals surface area contributed by atoms with Crippen LogP contribution in [-0.4, -0.2) is 29.3 Å². The van der Waals surface area contributed by atoms with E-state index >= 15 is 0 Å². The van der Waals surface area contributed by atoms with Gasteiger partial charge in [0.2, 0.25) is 0 Å². The normalized spacial score (nSPS) is 17.8. The quantitative estimate of drug-likeness (QED) is 0.753. The first-order chi connectivity index (χ1) is 7.63. The number of hydrogen-bond donors (Lipinski definition) is 0. The maximum absolute atomic E-state index is 12.2. The smallest absolute Gasteiger partial charge is 0.189 e. The highest BCUT2D eigenvalue weighted by Crippen LogP contribution is 2.30. The SMILES string of the molecule is CCN(C1CC1)C(C)C(=O)c1ccc(Cl)s1. The molecule has 1 atom stereocenters. The van der Waals surface area contributed by atoms with Crippen LogP contribution in [0, 0.1) is 0 Å². The van der Waals surface area contributed by atoms with Crippen LogP contribution < -0.4 is 0 Å². The molecule has 0 spiro atoms. The third-order valence-electron chi connectivity index (χ3n) is 3.07. The first kappa shape index (κ1) is 12.1. The van der Waals surface area contributed by atoms with E-state index in [9.17, 15) is 4.79 Å². The molecule has 1 aromatic heterocycles. The fourth-order valence-corrected chi connectivity index (χ4v) is 3.12. The van der Waals surface area contributed by atoms with Crippen LogP contribution in [0.3, 0.4) is 0 Å². The summed E-state index contributed by atoms with van der Waals surface area (Å²) in [6.07, 6.45) is 2.47. The Morgan fingerprint density at radius 3 is 2.75 bits per heavy atom. The van der Waals surface area contributed by atoms with E-state index < -0.39 is 0 Å². The van der Waals surface area contributed by atoms with Crippen LogP contribution in [0.4, 0.5) is 0 Å². The fourth-order valence-electron chi connectivity index (χ4n) is 2.06. The molecule has 2 rings (SSSR count). The number of thiophene rings is 1. The van der Waals surface area contributed by atoms with Crippen LogP contribution in [0.2, 0.25) is 4.34 Å². The van der Waals surface area contributed by atoms with Crippen molar-refractivity contribution in [3.63, 3.8) is 0 Å². The number of hydrogen-bond acceptors (Lipinski definition) is 3. The van der Waals surface area contributed by atoms with Crippen molar-refractivity contribution in [1.29, 1.82) is 0 Å². The summed E-state index contributed by atoms with van der Waals surface area (Å²) in [5.41, 5.74) is 0. The van der Waals surface area contributed by atoms with Gasteiger partial charge < -0.3 is 0 Å². The topological polar surface area (TPSA) is 20.3 Å². The average molecular weight is 258 g/mol. The van der Waals surface area contributed by atoms with Gasteiger partial charge in [-0.05, 0) is 38.4 Å². The molecule has 0 amide bonds. The van der Waals surface area contributed by atoms with Gasteiger partial charge >= 0.3 is 0 Å². The number of carbonyl (C=O) groups is 1. The summed E-state index contributed by atoms with van der Waals surface area (Å²) in [6, 6.07) is 4.22. The van der Waals surface area contributed by atoms with Gasteiger partial charge in [-0.1, -0.05) is 18.5 Å². The Hall–Kier alpha value is -0.380. The van der Waals surface area contributed by atoms with Crippen molar-refractivity contribution in [3.05, 3.63) is 21.3 Å². The van der Waals surface area contributed by atoms with Gasteiger partial charge in [0, 0.05) is 6.04 Å². The number of rotatable bonds is 5. The van der Waals surface area contributed by atoms with E-state index in [4.69, 9.17) is 11.6 Å². The van der Waals surface area contributed by atoms with E-state index in [0.717, 1.165) is 11.4 Å². The van der Waals surface area contributed by atoms with E-state index in [1.165, 1.54) is 24.2 Å². The van der Waals surface area contributed by atoms with E-state index in [-0.39, 0.29) is 11.8 Å². The predicted octanol–water partition coefficient (Wildman–Crippen LogP) is 3.46. The van der Waals surface area contributed by atoms with Gasteiger partial charge in [-0.15, -0.1) is 11.3 Å². The molecule has 0 bridgehead atoms. The molecule has 1 aliphatic rings. The highest BCUT2D eigenvalue weighted by atomic mass is 35.5. The molecule has 0 saturated heterocycles. The van der Waals surface area contributed by atoms with Crippen LogP contribution in [0.25, 0.3) is 0 Å². The van der Waals surface area contributed by atoms with E-state index in [1.807, 2.05) is 13.0 Å². The molecule has 1 fully saturated rings. The summed E-state index contributed by atoms with van der Waals surface area (Å²) in [6.45, 7) is 5.05. The first-order valence-electron chi connectivity index (χ1n) is 5.68. The van der Waals surface area contributed by atoms with Crippen molar-refractivity contribution in [2.45, 2.75) is 38.8 Å². The molecule has 4 heteroatoms. The minimum Gasteiger partial charge on any atom is -0.291 e. The summed E-state index contributed by atoms with van der Waals surface area (Å²) in [5.74, 6) is 0.200. The molecule has 1 aromatic rings. The third-order valence-corrected chi connectivity index (χ3v) is 4.32. The Morgan fingerprint density at radius 2 is 2.31 bits per heavy atom. The first-order valence-corrected chi connectivity index (χ1v) is 6.88. The number of ketones is 1. The van der Waals surface area contributed by atoms with E-state index in [1.54, 1.807) is 6.07 Å². The zero-order chi connectivity index (χ0) is 11.7. The van der Waals surface area contributed by atoms with Gasteiger partial charge in [-0.3, -0.25) is 9.69 Å². The van der Waals surface area contributed by atoms with Crippen LogP contribution in [-0.2, 0) is 0 Å². The molecule has 0 aliphatic heterocycles. The van der Waals surface area contributed by atoms with Gasteiger partial charge in [0.25, 0.3) is 0 Å². The zero-order valence-corrected chi connectivity index (χ0v) is 11.1. The maximum Gasteiger partial charge on any atom is 0.189 e. The average Bonchev–Trinajstić information content (AvgIpc) is 3.00. The summed E-state index contributed by atoms with van der Waals surface area (Å²) in [7, 11) is 0. The number of nitrogens with zero attached hydrogens (tertiary/aromatic N) is 1. The van der Waals surface area contributed by atoms with Crippen molar-refractivity contribution in [1.82, 2.24) is 4.90 Å². The molecule has 0 aromatic carbocycles. The minimum atomic E-state index is -0.0211. The Balaban J connectivity index is 2.08. The fraction of sp³-hybridized carbons (Fsp3) is 0.583. The Bertz CT molecular complexity index is 386. The van der Waals surface area contributed by atoms with Crippen LogP contribution in [0.5, 0.6) is 0 Å². The van der Waals surface area contributed by atoms with Gasteiger partial charge in [0.05, 0.1) is 15.3 Å². The van der Waals surface area contributed by atoms with Crippen LogP contribution in [0.15, 0.2) is 12.1 Å². The molecule has 88 valence electrons. The molecular formula is C12H16ClNOS. The highest BCUT2D eigenvalue weighted by Gasteiger charge is 2.34. The van der Waals surface area contributed by atoms with Crippen molar-refractivity contribution >= 4 is 28.7 Å². The van der Waals surface area contributed by atoms with Crippen LogP contribution >= 0.6 is 22.9 Å². The molecule has 0 radical (unpaired) electrons. The van der Waals surface area contributed by atoms with Gasteiger partial charge in [0.1, 0.15) is 0 Å². The molecule has 1 unspecified atom stereocenters. The van der Waals surface area contributed by atoms with Crippen molar-refractivity contribution in [2.75, 3.05) is 6.54 Å². The number of Topliss-reactive ketones (excluding diaryl/α,β-unsaturated/α-hetero) is 1. The van der Waals surface area contributed by atoms with E-state index in [0.29, 0.717) is 10.4 Å². The molecule has 16 heavy (non-hydrogen) atoms. The largest absolute Gasteiger partial charge is 0.291 e. The lowest BCUT2D eigenvalue weighted by molar-refractivity contribution is 0.0838. The highest BCUT2D eigenvalue weighted by molar-refractivity contribution is 7.18. The zero-order valence-electron chi connectivity index (χ0n) is 9.57. The van der Waals surface area contributed by atoms with Crippen LogP contribution in [0.1, 0.15) is 36.4 Å².